The minimum Gasteiger partial charge on any atom is -0.497 e. The second-order valence-corrected chi connectivity index (χ2v) is 10.3. The highest BCUT2D eigenvalue weighted by molar-refractivity contribution is 7.89. The first-order valence-corrected chi connectivity index (χ1v) is 11.8. The Morgan fingerprint density at radius 1 is 1.13 bits per heavy atom. The van der Waals surface area contributed by atoms with Crippen molar-refractivity contribution in [2.45, 2.75) is 43.7 Å². The fourth-order valence-corrected chi connectivity index (χ4v) is 5.95. The van der Waals surface area contributed by atoms with Crippen LogP contribution < -0.4 is 9.47 Å². The summed E-state index contributed by atoms with van der Waals surface area (Å²) in [6.07, 6.45) is 1.33. The van der Waals surface area contributed by atoms with Crippen LogP contribution in [0.2, 0.25) is 0 Å². The van der Waals surface area contributed by atoms with Crippen LogP contribution in [0.25, 0.3) is 0 Å². The van der Waals surface area contributed by atoms with Crippen LogP contribution in [-0.2, 0) is 21.4 Å². The first kappa shape index (κ1) is 21.6. The molecule has 1 unspecified atom stereocenters. The molecule has 1 atom stereocenters. The third-order valence-corrected chi connectivity index (χ3v) is 7.89. The molecule has 4 rings (SSSR count). The Bertz CT molecular complexity index is 1080. The highest BCUT2D eigenvalue weighted by Gasteiger charge is 2.45. The Morgan fingerprint density at radius 3 is 2.55 bits per heavy atom. The molecule has 0 bridgehead atoms. The molecular formula is C23H28N2O5S. The van der Waals surface area contributed by atoms with Gasteiger partial charge in [0.15, 0.2) is 0 Å². The van der Waals surface area contributed by atoms with Crippen molar-refractivity contribution in [1.29, 1.82) is 0 Å². The van der Waals surface area contributed by atoms with Gasteiger partial charge in [-0.05, 0) is 50.1 Å². The van der Waals surface area contributed by atoms with Gasteiger partial charge in [-0.25, -0.2) is 8.42 Å². The van der Waals surface area contributed by atoms with E-state index in [9.17, 15) is 13.2 Å². The topological polar surface area (TPSA) is 76.2 Å². The molecule has 1 amide bonds. The summed E-state index contributed by atoms with van der Waals surface area (Å²) in [6.45, 7) is 4.97. The minimum absolute atomic E-state index is 0.0486. The Kier molecular flexibility index (Phi) is 5.70. The summed E-state index contributed by atoms with van der Waals surface area (Å²) in [5, 5.41) is 0. The van der Waals surface area contributed by atoms with E-state index in [0.29, 0.717) is 38.2 Å². The number of carbonyl (C=O) groups excluding carboxylic acids is 1. The number of carbonyl (C=O) groups is 1. The van der Waals surface area contributed by atoms with Gasteiger partial charge in [-0.15, -0.1) is 0 Å². The van der Waals surface area contributed by atoms with Crippen LogP contribution in [-0.4, -0.2) is 55.9 Å². The van der Waals surface area contributed by atoms with E-state index >= 15 is 0 Å². The molecule has 1 fully saturated rings. The van der Waals surface area contributed by atoms with E-state index in [1.807, 2.05) is 25.1 Å². The lowest BCUT2D eigenvalue weighted by molar-refractivity contribution is -0.132. The third-order valence-electron chi connectivity index (χ3n) is 6.03. The predicted octanol–water partition coefficient (Wildman–Crippen LogP) is 2.97. The SMILES string of the molecule is COc1ccc(S(=O)(=O)N2CCCC3(CN(C(C)=O)Cc4cc(C)ccc4O3)C2)cc1. The van der Waals surface area contributed by atoms with E-state index in [2.05, 4.69) is 0 Å². The number of rotatable bonds is 3. The van der Waals surface area contributed by atoms with Gasteiger partial charge in [0.1, 0.15) is 17.1 Å². The van der Waals surface area contributed by atoms with Crippen LogP contribution in [0.5, 0.6) is 11.5 Å². The van der Waals surface area contributed by atoms with Crippen LogP contribution in [0.4, 0.5) is 0 Å². The van der Waals surface area contributed by atoms with E-state index in [4.69, 9.17) is 9.47 Å². The third kappa shape index (κ3) is 4.27. The molecule has 0 aliphatic carbocycles. The van der Waals surface area contributed by atoms with E-state index in [0.717, 1.165) is 16.9 Å². The molecule has 2 aliphatic rings. The van der Waals surface area contributed by atoms with E-state index in [1.54, 1.807) is 43.2 Å². The second-order valence-electron chi connectivity index (χ2n) is 8.39. The van der Waals surface area contributed by atoms with Gasteiger partial charge in [0.25, 0.3) is 0 Å². The number of amides is 1. The number of piperidine rings is 1. The number of benzene rings is 2. The summed E-state index contributed by atoms with van der Waals surface area (Å²) in [4.78, 5) is 14.3. The van der Waals surface area contributed by atoms with E-state index in [1.165, 1.54) is 4.31 Å². The summed E-state index contributed by atoms with van der Waals surface area (Å²) in [5.74, 6) is 1.27. The van der Waals surface area contributed by atoms with E-state index in [-0.39, 0.29) is 17.3 Å². The van der Waals surface area contributed by atoms with Crippen LogP contribution in [0.3, 0.4) is 0 Å². The highest BCUT2D eigenvalue weighted by atomic mass is 32.2. The van der Waals surface area contributed by atoms with Crippen LogP contribution in [0.1, 0.15) is 30.9 Å². The lowest BCUT2D eigenvalue weighted by atomic mass is 9.93. The zero-order valence-corrected chi connectivity index (χ0v) is 18.9. The Morgan fingerprint density at radius 2 is 1.87 bits per heavy atom. The molecule has 2 heterocycles. The van der Waals surface area contributed by atoms with Gasteiger partial charge >= 0.3 is 0 Å². The van der Waals surface area contributed by atoms with Crippen LogP contribution >= 0.6 is 0 Å². The predicted molar refractivity (Wildman–Crippen MR) is 117 cm³/mol. The molecule has 2 aromatic carbocycles. The summed E-state index contributed by atoms with van der Waals surface area (Å²) >= 11 is 0. The van der Waals surface area contributed by atoms with Gasteiger partial charge in [-0.2, -0.15) is 4.31 Å². The lowest BCUT2D eigenvalue weighted by Gasteiger charge is -2.43. The molecule has 8 heteroatoms. The zero-order valence-electron chi connectivity index (χ0n) is 18.1. The van der Waals surface area contributed by atoms with Gasteiger partial charge < -0.3 is 14.4 Å². The standard InChI is InChI=1S/C23H28N2O5S/c1-17-5-10-22-19(13-17)14-24(18(2)26)15-23(30-22)11-4-12-25(16-23)31(27,28)21-8-6-20(29-3)7-9-21/h5-10,13H,4,11-12,14-16H2,1-3H3. The van der Waals surface area contributed by atoms with Crippen molar-refractivity contribution in [2.24, 2.45) is 0 Å². The van der Waals surface area contributed by atoms with Crippen molar-refractivity contribution in [3.8, 4) is 11.5 Å². The maximum Gasteiger partial charge on any atom is 0.243 e. The summed E-state index contributed by atoms with van der Waals surface area (Å²) < 4.78 is 39.8. The molecule has 2 aliphatic heterocycles. The Labute approximate surface area is 183 Å². The number of methoxy groups -OCH3 is 1. The zero-order chi connectivity index (χ0) is 22.2. The molecule has 0 radical (unpaired) electrons. The molecule has 0 N–H and O–H groups in total. The Hall–Kier alpha value is -2.58. The molecule has 166 valence electrons. The normalized spacial score (nSPS) is 21.8. The molecule has 2 aromatic rings. The first-order chi connectivity index (χ1) is 14.7. The molecule has 1 spiro atoms. The van der Waals surface area contributed by atoms with E-state index < -0.39 is 15.6 Å². The average Bonchev–Trinajstić information content (AvgIpc) is 2.90. The number of nitrogens with zero attached hydrogens (tertiary/aromatic N) is 2. The number of hydrogen-bond donors (Lipinski definition) is 0. The Balaban J connectivity index is 1.67. The molecule has 1 saturated heterocycles. The fourth-order valence-electron chi connectivity index (χ4n) is 4.40. The quantitative estimate of drug-likeness (QED) is 0.728. The van der Waals surface area contributed by atoms with Crippen molar-refractivity contribution in [2.75, 3.05) is 26.7 Å². The smallest absolute Gasteiger partial charge is 0.243 e. The molecule has 0 aromatic heterocycles. The van der Waals surface area contributed by atoms with Crippen molar-refractivity contribution < 1.29 is 22.7 Å². The largest absolute Gasteiger partial charge is 0.497 e. The number of hydrogen-bond acceptors (Lipinski definition) is 5. The molecule has 7 nitrogen and oxygen atoms in total. The lowest BCUT2D eigenvalue weighted by Crippen LogP contribution is -2.58. The molecule has 0 saturated carbocycles. The maximum absolute atomic E-state index is 13.4. The number of aryl methyl sites for hydroxylation is 1. The molecular weight excluding hydrogens is 416 g/mol. The summed E-state index contributed by atoms with van der Waals surface area (Å²) in [6, 6.07) is 12.3. The van der Waals surface area contributed by atoms with Crippen LogP contribution in [0.15, 0.2) is 47.4 Å². The van der Waals surface area contributed by atoms with Crippen molar-refractivity contribution in [1.82, 2.24) is 9.21 Å². The summed E-state index contributed by atoms with van der Waals surface area (Å²) in [7, 11) is -2.16. The van der Waals surface area contributed by atoms with Gasteiger partial charge in [-0.3, -0.25) is 4.79 Å². The summed E-state index contributed by atoms with van der Waals surface area (Å²) in [5.41, 5.74) is 1.25. The highest BCUT2D eigenvalue weighted by Crippen LogP contribution is 2.36. The van der Waals surface area contributed by atoms with Crippen molar-refractivity contribution in [3.05, 3.63) is 53.6 Å². The van der Waals surface area contributed by atoms with Crippen molar-refractivity contribution >= 4 is 15.9 Å². The number of fused-ring (bicyclic) bond motifs is 1. The van der Waals surface area contributed by atoms with Crippen LogP contribution in [0, 0.1) is 6.92 Å². The number of ether oxygens (including phenoxy) is 2. The average molecular weight is 445 g/mol. The fraction of sp³-hybridized carbons (Fsp3) is 0.435. The maximum atomic E-state index is 13.4. The number of sulfonamides is 1. The first-order valence-electron chi connectivity index (χ1n) is 10.4. The minimum atomic E-state index is -3.70. The van der Waals surface area contributed by atoms with Gasteiger partial charge in [0.05, 0.1) is 25.1 Å². The second kappa shape index (κ2) is 8.16. The van der Waals surface area contributed by atoms with Crippen molar-refractivity contribution in [3.63, 3.8) is 0 Å². The van der Waals surface area contributed by atoms with Gasteiger partial charge in [0.2, 0.25) is 15.9 Å². The van der Waals surface area contributed by atoms with Gasteiger partial charge in [-0.1, -0.05) is 17.7 Å². The molecule has 31 heavy (non-hydrogen) atoms. The monoisotopic (exact) mass is 444 g/mol. The van der Waals surface area contributed by atoms with Gasteiger partial charge in [0, 0.05) is 25.6 Å².